The second kappa shape index (κ2) is 7.71. The molecule has 21 heavy (non-hydrogen) atoms. The number of carbonyl (C=O) groups is 2. The molecular formula is C15H19ClN2O2S. The molecule has 0 atom stereocenters. The summed E-state index contributed by atoms with van der Waals surface area (Å²) in [6.45, 7) is 2.02. The topological polar surface area (TPSA) is 49.4 Å². The van der Waals surface area contributed by atoms with Crippen molar-refractivity contribution >= 4 is 35.2 Å². The fourth-order valence-corrected chi connectivity index (χ4v) is 2.95. The summed E-state index contributed by atoms with van der Waals surface area (Å²) >= 11 is 7.60. The Bertz CT molecular complexity index is 530. The zero-order chi connectivity index (χ0) is 15.2. The van der Waals surface area contributed by atoms with E-state index < -0.39 is 0 Å². The Balaban J connectivity index is 1.85. The zero-order valence-corrected chi connectivity index (χ0v) is 13.6. The number of halogens is 1. The minimum atomic E-state index is -0.231. The van der Waals surface area contributed by atoms with Crippen LogP contribution >= 0.6 is 23.4 Å². The van der Waals surface area contributed by atoms with Gasteiger partial charge < -0.3 is 10.2 Å². The van der Waals surface area contributed by atoms with Crippen LogP contribution in [0.3, 0.4) is 0 Å². The van der Waals surface area contributed by atoms with Crippen LogP contribution in [0.25, 0.3) is 0 Å². The van der Waals surface area contributed by atoms with Gasteiger partial charge in [0.2, 0.25) is 5.91 Å². The van der Waals surface area contributed by atoms with Crippen LogP contribution in [0.1, 0.15) is 29.6 Å². The van der Waals surface area contributed by atoms with Crippen molar-refractivity contribution in [2.45, 2.75) is 24.2 Å². The van der Waals surface area contributed by atoms with Gasteiger partial charge in [-0.25, -0.2) is 0 Å². The van der Waals surface area contributed by atoms with Crippen LogP contribution in [-0.4, -0.2) is 42.6 Å². The molecule has 114 valence electrons. The first-order valence-electron chi connectivity index (χ1n) is 7.01. The highest BCUT2D eigenvalue weighted by Gasteiger charge is 2.18. The summed E-state index contributed by atoms with van der Waals surface area (Å²) < 4.78 is 0. The van der Waals surface area contributed by atoms with Gasteiger partial charge in [0.05, 0.1) is 10.6 Å². The Kier molecular flexibility index (Phi) is 5.94. The second-order valence-corrected chi connectivity index (χ2v) is 6.23. The van der Waals surface area contributed by atoms with Gasteiger partial charge >= 0.3 is 0 Å². The van der Waals surface area contributed by atoms with E-state index in [4.69, 9.17) is 11.6 Å². The molecule has 0 aliphatic carbocycles. The van der Waals surface area contributed by atoms with E-state index in [9.17, 15) is 9.59 Å². The van der Waals surface area contributed by atoms with Crippen LogP contribution in [0.4, 0.5) is 0 Å². The maximum absolute atomic E-state index is 12.1. The predicted molar refractivity (Wildman–Crippen MR) is 86.0 cm³/mol. The summed E-state index contributed by atoms with van der Waals surface area (Å²) in [5.41, 5.74) is 0.456. The Morgan fingerprint density at radius 2 is 2.05 bits per heavy atom. The molecule has 1 N–H and O–H groups in total. The summed E-state index contributed by atoms with van der Waals surface area (Å²) in [4.78, 5) is 26.8. The van der Waals surface area contributed by atoms with Gasteiger partial charge in [-0.05, 0) is 37.3 Å². The first-order valence-corrected chi connectivity index (χ1v) is 8.61. The lowest BCUT2D eigenvalue weighted by Crippen LogP contribution is -2.32. The molecule has 1 aliphatic rings. The van der Waals surface area contributed by atoms with Gasteiger partial charge in [-0.15, -0.1) is 11.8 Å². The molecule has 1 aromatic rings. The van der Waals surface area contributed by atoms with Crippen LogP contribution in [0.15, 0.2) is 23.1 Å². The minimum Gasteiger partial charge on any atom is -0.351 e. The van der Waals surface area contributed by atoms with Crippen LogP contribution in [-0.2, 0) is 4.79 Å². The molecule has 2 rings (SSSR count). The molecule has 1 fully saturated rings. The molecule has 4 nitrogen and oxygen atoms in total. The van der Waals surface area contributed by atoms with E-state index in [2.05, 4.69) is 5.32 Å². The Morgan fingerprint density at radius 1 is 1.33 bits per heavy atom. The number of rotatable bonds is 5. The number of amides is 2. The second-order valence-electron chi connectivity index (χ2n) is 4.94. The van der Waals surface area contributed by atoms with Crippen molar-refractivity contribution < 1.29 is 9.59 Å². The predicted octanol–water partition coefficient (Wildman–Crippen LogP) is 2.80. The number of carbonyl (C=O) groups excluding carboxylic acids is 2. The van der Waals surface area contributed by atoms with Crippen LogP contribution in [0.5, 0.6) is 0 Å². The monoisotopic (exact) mass is 326 g/mol. The maximum atomic E-state index is 12.1. The van der Waals surface area contributed by atoms with Crippen LogP contribution in [0.2, 0.25) is 5.02 Å². The lowest BCUT2D eigenvalue weighted by molar-refractivity contribution is -0.129. The smallest absolute Gasteiger partial charge is 0.252 e. The van der Waals surface area contributed by atoms with Crippen molar-refractivity contribution in [3.63, 3.8) is 0 Å². The highest BCUT2D eigenvalue weighted by atomic mass is 35.5. The molecule has 1 saturated heterocycles. The number of thioether (sulfide) groups is 1. The van der Waals surface area contributed by atoms with E-state index in [1.807, 2.05) is 17.2 Å². The van der Waals surface area contributed by atoms with Gasteiger partial charge in [-0.1, -0.05) is 11.6 Å². The third-order valence-corrected chi connectivity index (χ3v) is 4.56. The summed E-state index contributed by atoms with van der Waals surface area (Å²) in [6.07, 6.45) is 4.44. The molecule has 1 aromatic carbocycles. The van der Waals surface area contributed by atoms with Gasteiger partial charge in [0.15, 0.2) is 0 Å². The minimum absolute atomic E-state index is 0.108. The van der Waals surface area contributed by atoms with Crippen molar-refractivity contribution in [1.82, 2.24) is 10.2 Å². The third-order valence-electron chi connectivity index (χ3n) is 3.50. The quantitative estimate of drug-likeness (QED) is 0.846. The molecule has 0 unspecified atom stereocenters. The lowest BCUT2D eigenvalue weighted by Gasteiger charge is -2.15. The van der Waals surface area contributed by atoms with Crippen molar-refractivity contribution in [3.05, 3.63) is 28.8 Å². The molecule has 0 spiro atoms. The molecule has 0 saturated carbocycles. The Hall–Kier alpha value is -1.20. The molecule has 6 heteroatoms. The SMILES string of the molecule is CSc1ccc(Cl)c(C(=O)NCCC(=O)N2CCCC2)c1. The maximum Gasteiger partial charge on any atom is 0.252 e. The highest BCUT2D eigenvalue weighted by molar-refractivity contribution is 7.98. The zero-order valence-electron chi connectivity index (χ0n) is 12.0. The van der Waals surface area contributed by atoms with Crippen LogP contribution < -0.4 is 5.32 Å². The summed E-state index contributed by atoms with van der Waals surface area (Å²) in [6, 6.07) is 5.36. The van der Waals surface area contributed by atoms with Gasteiger partial charge in [0.25, 0.3) is 5.91 Å². The molecule has 0 aromatic heterocycles. The highest BCUT2D eigenvalue weighted by Crippen LogP contribution is 2.22. The van der Waals surface area contributed by atoms with Crippen molar-refractivity contribution in [2.75, 3.05) is 25.9 Å². The van der Waals surface area contributed by atoms with E-state index in [0.717, 1.165) is 30.8 Å². The van der Waals surface area contributed by atoms with E-state index in [0.29, 0.717) is 23.6 Å². The van der Waals surface area contributed by atoms with E-state index in [1.165, 1.54) is 0 Å². The largest absolute Gasteiger partial charge is 0.351 e. The number of benzene rings is 1. The number of nitrogens with one attached hydrogen (secondary N) is 1. The third kappa shape index (κ3) is 4.38. The Morgan fingerprint density at radius 3 is 2.71 bits per heavy atom. The fourth-order valence-electron chi connectivity index (χ4n) is 2.31. The number of hydrogen-bond acceptors (Lipinski definition) is 3. The molecule has 0 bridgehead atoms. The van der Waals surface area contributed by atoms with Gasteiger partial charge in [-0.3, -0.25) is 9.59 Å². The molecular weight excluding hydrogens is 308 g/mol. The lowest BCUT2D eigenvalue weighted by atomic mass is 10.2. The number of nitrogens with zero attached hydrogens (tertiary/aromatic N) is 1. The van der Waals surface area contributed by atoms with Gasteiger partial charge in [0.1, 0.15) is 0 Å². The average molecular weight is 327 g/mol. The first kappa shape index (κ1) is 16.2. The molecule has 0 radical (unpaired) electrons. The fraction of sp³-hybridized carbons (Fsp3) is 0.467. The average Bonchev–Trinajstić information content (AvgIpc) is 3.01. The molecule has 1 aliphatic heterocycles. The summed E-state index contributed by atoms with van der Waals surface area (Å²) in [7, 11) is 0. The standard InChI is InChI=1S/C15H19ClN2O2S/c1-21-11-4-5-13(16)12(10-11)15(20)17-7-6-14(19)18-8-2-3-9-18/h4-5,10H,2-3,6-9H2,1H3,(H,17,20). The van der Waals surface area contributed by atoms with Gasteiger partial charge in [-0.2, -0.15) is 0 Å². The molecule has 1 heterocycles. The molecule has 2 amide bonds. The van der Waals surface area contributed by atoms with E-state index in [1.54, 1.807) is 23.9 Å². The van der Waals surface area contributed by atoms with Crippen molar-refractivity contribution in [3.8, 4) is 0 Å². The normalized spacial score (nSPS) is 14.3. The van der Waals surface area contributed by atoms with Gasteiger partial charge in [0, 0.05) is 31.0 Å². The summed E-state index contributed by atoms with van der Waals surface area (Å²) in [5, 5.41) is 3.19. The first-order chi connectivity index (χ1) is 10.1. The number of hydrogen-bond donors (Lipinski definition) is 1. The summed E-state index contributed by atoms with van der Waals surface area (Å²) in [5.74, 6) is -0.123. The Labute approximate surface area is 134 Å². The van der Waals surface area contributed by atoms with Crippen molar-refractivity contribution in [1.29, 1.82) is 0 Å². The van der Waals surface area contributed by atoms with Crippen LogP contribution in [0, 0.1) is 0 Å². The van der Waals surface area contributed by atoms with E-state index in [-0.39, 0.29) is 11.8 Å². The number of likely N-dealkylation sites (tertiary alicyclic amines) is 1. The van der Waals surface area contributed by atoms with E-state index >= 15 is 0 Å². The van der Waals surface area contributed by atoms with Crippen molar-refractivity contribution in [2.24, 2.45) is 0 Å².